The van der Waals surface area contributed by atoms with Gasteiger partial charge in [-0.15, -0.1) is 0 Å². The molecule has 1 heterocycles. The molecule has 0 aromatic heterocycles. The molecule has 1 unspecified atom stereocenters. The maximum absolute atomic E-state index is 12.6. The van der Waals surface area contributed by atoms with Crippen molar-refractivity contribution < 1.29 is 14.3 Å². The van der Waals surface area contributed by atoms with Gasteiger partial charge in [0, 0.05) is 24.5 Å². The molecular formula is C14H20N4O3. The molecule has 0 saturated carbocycles. The van der Waals surface area contributed by atoms with Gasteiger partial charge in [0.05, 0.1) is 18.8 Å². The van der Waals surface area contributed by atoms with E-state index in [1.165, 1.54) is 11.0 Å². The second kappa shape index (κ2) is 6.45. The van der Waals surface area contributed by atoms with E-state index in [4.69, 9.17) is 16.2 Å². The lowest BCUT2D eigenvalue weighted by atomic mass is 10.1. The molecule has 1 aromatic carbocycles. The number of nitrogens with zero attached hydrogens (tertiary/aromatic N) is 1. The first-order chi connectivity index (χ1) is 10.0. The van der Waals surface area contributed by atoms with Gasteiger partial charge < -0.3 is 26.4 Å². The molecule has 1 aliphatic heterocycles. The average molecular weight is 292 g/mol. The smallest absolute Gasteiger partial charge is 0.256 e. The third kappa shape index (κ3) is 3.25. The van der Waals surface area contributed by atoms with Gasteiger partial charge in [-0.05, 0) is 25.1 Å². The van der Waals surface area contributed by atoms with Crippen LogP contribution in [0.1, 0.15) is 17.3 Å². The van der Waals surface area contributed by atoms with Crippen molar-refractivity contribution in [2.75, 3.05) is 37.8 Å². The van der Waals surface area contributed by atoms with Crippen LogP contribution in [-0.2, 0) is 9.53 Å². The minimum absolute atomic E-state index is 0.187. The zero-order valence-corrected chi connectivity index (χ0v) is 12.0. The van der Waals surface area contributed by atoms with Gasteiger partial charge in [-0.1, -0.05) is 0 Å². The van der Waals surface area contributed by atoms with Gasteiger partial charge in [0.2, 0.25) is 5.91 Å². The second-order valence-corrected chi connectivity index (χ2v) is 4.83. The fraction of sp³-hybridized carbons (Fsp3) is 0.429. The van der Waals surface area contributed by atoms with E-state index in [1.807, 2.05) is 6.92 Å². The monoisotopic (exact) mass is 292 g/mol. The number of benzene rings is 1. The molecule has 21 heavy (non-hydrogen) atoms. The first-order valence-corrected chi connectivity index (χ1v) is 6.86. The molecule has 0 aliphatic carbocycles. The summed E-state index contributed by atoms with van der Waals surface area (Å²) in [5.74, 6) is -0.508. The predicted molar refractivity (Wildman–Crippen MR) is 79.6 cm³/mol. The SMILES string of the molecule is CCNC(=O)C1COCCN1C(=O)c1ccc(N)cc1N. The molecule has 1 saturated heterocycles. The van der Waals surface area contributed by atoms with Crippen LogP contribution in [-0.4, -0.2) is 49.1 Å². The van der Waals surface area contributed by atoms with Crippen LogP contribution >= 0.6 is 0 Å². The molecule has 7 nitrogen and oxygen atoms in total. The van der Waals surface area contributed by atoms with Gasteiger partial charge in [0.15, 0.2) is 0 Å². The topological polar surface area (TPSA) is 111 Å². The average Bonchev–Trinajstić information content (AvgIpc) is 2.47. The van der Waals surface area contributed by atoms with Crippen LogP contribution < -0.4 is 16.8 Å². The number of anilines is 2. The van der Waals surface area contributed by atoms with Gasteiger partial charge in [0.25, 0.3) is 5.91 Å². The van der Waals surface area contributed by atoms with Crippen LogP contribution in [0.15, 0.2) is 18.2 Å². The van der Waals surface area contributed by atoms with E-state index >= 15 is 0 Å². The lowest BCUT2D eigenvalue weighted by Crippen LogP contribution is -2.55. The maximum Gasteiger partial charge on any atom is 0.256 e. The number of hydrogen-bond acceptors (Lipinski definition) is 5. The molecule has 0 radical (unpaired) electrons. The normalized spacial score (nSPS) is 18.3. The van der Waals surface area contributed by atoms with Crippen molar-refractivity contribution in [1.29, 1.82) is 0 Å². The molecule has 1 aromatic rings. The van der Waals surface area contributed by atoms with Crippen LogP contribution in [0.2, 0.25) is 0 Å². The first-order valence-electron chi connectivity index (χ1n) is 6.86. The Morgan fingerprint density at radius 3 is 2.86 bits per heavy atom. The number of nitrogens with one attached hydrogen (secondary N) is 1. The minimum Gasteiger partial charge on any atom is -0.399 e. The van der Waals surface area contributed by atoms with Gasteiger partial charge in [-0.2, -0.15) is 0 Å². The lowest BCUT2D eigenvalue weighted by Gasteiger charge is -2.34. The number of carbonyl (C=O) groups is 2. The molecule has 2 rings (SSSR count). The van der Waals surface area contributed by atoms with Gasteiger partial charge in [0.1, 0.15) is 6.04 Å². The van der Waals surface area contributed by atoms with Crippen LogP contribution in [0.4, 0.5) is 11.4 Å². The Bertz CT molecular complexity index is 547. The summed E-state index contributed by atoms with van der Waals surface area (Å²) in [6.07, 6.45) is 0. The summed E-state index contributed by atoms with van der Waals surface area (Å²) in [4.78, 5) is 26.2. The quantitative estimate of drug-likeness (QED) is 0.670. The van der Waals surface area contributed by atoms with Crippen molar-refractivity contribution >= 4 is 23.2 Å². The summed E-state index contributed by atoms with van der Waals surface area (Å²) in [6, 6.07) is 4.10. The van der Waals surface area contributed by atoms with Crippen molar-refractivity contribution in [1.82, 2.24) is 10.2 Å². The van der Waals surface area contributed by atoms with Crippen molar-refractivity contribution in [3.8, 4) is 0 Å². The highest BCUT2D eigenvalue weighted by molar-refractivity contribution is 6.02. The van der Waals surface area contributed by atoms with E-state index in [9.17, 15) is 9.59 Å². The Morgan fingerprint density at radius 1 is 1.43 bits per heavy atom. The van der Waals surface area contributed by atoms with Crippen molar-refractivity contribution in [2.45, 2.75) is 13.0 Å². The minimum atomic E-state index is -0.636. The summed E-state index contributed by atoms with van der Waals surface area (Å²) in [7, 11) is 0. The molecule has 7 heteroatoms. The zero-order valence-electron chi connectivity index (χ0n) is 12.0. The summed E-state index contributed by atoms with van der Waals surface area (Å²) in [5.41, 5.74) is 12.6. The Labute approximate surface area is 123 Å². The summed E-state index contributed by atoms with van der Waals surface area (Å²) in [6.45, 7) is 3.26. The van der Waals surface area contributed by atoms with Crippen molar-refractivity contribution in [3.05, 3.63) is 23.8 Å². The number of nitrogens with two attached hydrogens (primary N) is 2. The second-order valence-electron chi connectivity index (χ2n) is 4.83. The number of carbonyl (C=O) groups excluding carboxylic acids is 2. The highest BCUT2D eigenvalue weighted by atomic mass is 16.5. The van der Waals surface area contributed by atoms with E-state index in [0.29, 0.717) is 36.6 Å². The highest BCUT2D eigenvalue weighted by Gasteiger charge is 2.33. The number of nitrogen functional groups attached to an aromatic ring is 2. The van der Waals surface area contributed by atoms with Gasteiger partial charge in [-0.25, -0.2) is 0 Å². The van der Waals surface area contributed by atoms with Crippen LogP contribution in [0.3, 0.4) is 0 Å². The number of amides is 2. The molecule has 1 fully saturated rings. The molecule has 0 bridgehead atoms. The predicted octanol–water partition coefficient (Wildman–Crippen LogP) is -0.172. The number of hydrogen-bond donors (Lipinski definition) is 3. The molecule has 2 amide bonds. The van der Waals surface area contributed by atoms with Gasteiger partial charge in [-0.3, -0.25) is 9.59 Å². The third-order valence-electron chi connectivity index (χ3n) is 3.35. The number of likely N-dealkylation sites (N-methyl/N-ethyl adjacent to an activating group) is 1. The van der Waals surface area contributed by atoms with E-state index in [-0.39, 0.29) is 18.4 Å². The van der Waals surface area contributed by atoms with Crippen molar-refractivity contribution in [2.24, 2.45) is 0 Å². The molecule has 1 aliphatic rings. The van der Waals surface area contributed by atoms with Crippen LogP contribution in [0.5, 0.6) is 0 Å². The zero-order chi connectivity index (χ0) is 15.4. The van der Waals surface area contributed by atoms with E-state index in [1.54, 1.807) is 12.1 Å². The summed E-state index contributed by atoms with van der Waals surface area (Å²) >= 11 is 0. The number of morpholine rings is 1. The molecular weight excluding hydrogens is 272 g/mol. The van der Waals surface area contributed by atoms with E-state index in [0.717, 1.165) is 0 Å². The van der Waals surface area contributed by atoms with Crippen LogP contribution in [0.25, 0.3) is 0 Å². The Balaban J connectivity index is 2.24. The lowest BCUT2D eigenvalue weighted by molar-refractivity contribution is -0.130. The Morgan fingerprint density at radius 2 is 2.19 bits per heavy atom. The number of rotatable bonds is 3. The standard InChI is InChI=1S/C14H20N4O3/c1-2-17-13(19)12-8-21-6-5-18(12)14(20)10-4-3-9(15)7-11(10)16/h3-4,7,12H,2,5-6,8,15-16H2,1H3,(H,17,19). The van der Waals surface area contributed by atoms with Gasteiger partial charge >= 0.3 is 0 Å². The van der Waals surface area contributed by atoms with E-state index in [2.05, 4.69) is 5.32 Å². The van der Waals surface area contributed by atoms with Crippen molar-refractivity contribution in [3.63, 3.8) is 0 Å². The van der Waals surface area contributed by atoms with Crippen LogP contribution in [0, 0.1) is 0 Å². The fourth-order valence-electron chi connectivity index (χ4n) is 2.29. The molecule has 0 spiro atoms. The molecule has 5 N–H and O–H groups in total. The summed E-state index contributed by atoms with van der Waals surface area (Å²) in [5, 5.41) is 2.71. The molecule has 114 valence electrons. The Kier molecular flexibility index (Phi) is 4.64. The molecule has 1 atom stereocenters. The first kappa shape index (κ1) is 15.1. The maximum atomic E-state index is 12.6. The fourth-order valence-corrected chi connectivity index (χ4v) is 2.29. The summed E-state index contributed by atoms with van der Waals surface area (Å²) < 4.78 is 5.31. The number of ether oxygens (including phenoxy) is 1. The van der Waals surface area contributed by atoms with E-state index < -0.39 is 6.04 Å². The Hall–Kier alpha value is -2.28. The highest BCUT2D eigenvalue weighted by Crippen LogP contribution is 2.20. The largest absolute Gasteiger partial charge is 0.399 e. The third-order valence-corrected chi connectivity index (χ3v) is 3.35.